The summed E-state index contributed by atoms with van der Waals surface area (Å²) in [6.45, 7) is 0. The van der Waals surface area contributed by atoms with Crippen LogP contribution in [0.15, 0.2) is 41.9 Å². The number of hydrogen-bond acceptors (Lipinski definition) is 3. The molecule has 1 aliphatic carbocycles. The summed E-state index contributed by atoms with van der Waals surface area (Å²) in [5.74, 6) is -0.118. The van der Waals surface area contributed by atoms with Gasteiger partial charge in [-0.25, -0.2) is 4.98 Å². The molecule has 0 bridgehead atoms. The van der Waals surface area contributed by atoms with Gasteiger partial charge in [0.15, 0.2) is 10.1 Å². The monoisotopic (exact) mass is 343 g/mol. The Kier molecular flexibility index (Phi) is 3.67. The van der Waals surface area contributed by atoms with Crippen LogP contribution in [0.4, 0.5) is 0 Å². The van der Waals surface area contributed by atoms with Gasteiger partial charge < -0.3 is 5.32 Å². The van der Waals surface area contributed by atoms with Crippen LogP contribution in [0.5, 0.6) is 0 Å². The van der Waals surface area contributed by atoms with Gasteiger partial charge in [-0.05, 0) is 30.0 Å². The van der Waals surface area contributed by atoms with Gasteiger partial charge in [0, 0.05) is 17.7 Å². The number of fused-ring (bicyclic) bond motifs is 2. The molecular weight excluding hydrogens is 330 g/mol. The zero-order valence-corrected chi connectivity index (χ0v) is 13.8. The Morgan fingerprint density at radius 2 is 2.30 bits per heavy atom. The molecule has 6 heteroatoms. The van der Waals surface area contributed by atoms with Crippen molar-refractivity contribution in [1.82, 2.24) is 14.7 Å². The van der Waals surface area contributed by atoms with Crippen molar-refractivity contribution < 1.29 is 4.79 Å². The van der Waals surface area contributed by atoms with Crippen LogP contribution in [-0.2, 0) is 11.2 Å². The lowest BCUT2D eigenvalue weighted by Crippen LogP contribution is -2.25. The molecule has 0 fully saturated rings. The van der Waals surface area contributed by atoms with E-state index in [4.69, 9.17) is 11.6 Å². The molecule has 1 aliphatic rings. The van der Waals surface area contributed by atoms with Gasteiger partial charge in [-0.1, -0.05) is 35.9 Å². The third-order valence-corrected chi connectivity index (χ3v) is 5.13. The van der Waals surface area contributed by atoms with E-state index in [1.165, 1.54) is 28.5 Å². The van der Waals surface area contributed by atoms with Crippen molar-refractivity contribution in [3.8, 4) is 0 Å². The van der Waals surface area contributed by atoms with Crippen LogP contribution in [0, 0.1) is 0 Å². The largest absolute Gasteiger partial charge is 0.346 e. The minimum absolute atomic E-state index is 0.0884. The summed E-state index contributed by atoms with van der Waals surface area (Å²) in [4.78, 5) is 17.3. The summed E-state index contributed by atoms with van der Waals surface area (Å²) >= 11 is 7.63. The predicted molar refractivity (Wildman–Crippen MR) is 92.8 cm³/mol. The fourth-order valence-electron chi connectivity index (χ4n) is 3.01. The van der Waals surface area contributed by atoms with Crippen LogP contribution in [0.2, 0.25) is 5.15 Å². The minimum atomic E-state index is -0.118. The molecule has 0 saturated carbocycles. The van der Waals surface area contributed by atoms with E-state index >= 15 is 0 Å². The van der Waals surface area contributed by atoms with Gasteiger partial charge in [-0.3, -0.25) is 9.20 Å². The Morgan fingerprint density at radius 3 is 3.22 bits per heavy atom. The Balaban J connectivity index is 1.50. The fourth-order valence-corrected chi connectivity index (χ4v) is 4.01. The molecule has 1 amide bonds. The molecule has 0 spiro atoms. The number of aryl methyl sites for hydroxylation is 1. The van der Waals surface area contributed by atoms with Crippen LogP contribution in [0.25, 0.3) is 11.0 Å². The summed E-state index contributed by atoms with van der Waals surface area (Å²) in [6.07, 6.45) is 7.08. The molecule has 3 aromatic rings. The van der Waals surface area contributed by atoms with E-state index in [2.05, 4.69) is 22.4 Å². The molecule has 2 aromatic heterocycles. The Hall–Kier alpha value is -2.11. The lowest BCUT2D eigenvalue weighted by molar-refractivity contribution is -0.117. The van der Waals surface area contributed by atoms with E-state index in [1.54, 1.807) is 6.08 Å². The van der Waals surface area contributed by atoms with E-state index in [-0.39, 0.29) is 11.9 Å². The molecule has 1 atom stereocenters. The second-order valence-electron chi connectivity index (χ2n) is 5.48. The normalized spacial score (nSPS) is 17.0. The van der Waals surface area contributed by atoms with Crippen molar-refractivity contribution >= 4 is 39.9 Å². The first-order valence-corrected chi connectivity index (χ1v) is 8.65. The maximum atomic E-state index is 12.2. The first kappa shape index (κ1) is 14.5. The van der Waals surface area contributed by atoms with E-state index in [1.807, 2.05) is 28.1 Å². The van der Waals surface area contributed by atoms with Gasteiger partial charge in [0.05, 0.1) is 11.7 Å². The molecule has 0 radical (unpaired) electrons. The number of nitrogens with zero attached hydrogens (tertiary/aromatic N) is 2. The number of benzene rings is 1. The lowest BCUT2D eigenvalue weighted by Gasteiger charge is -2.12. The number of carbonyl (C=O) groups is 1. The molecule has 1 aromatic carbocycles. The zero-order chi connectivity index (χ0) is 15.8. The third-order valence-electron chi connectivity index (χ3n) is 4.10. The molecule has 4 rings (SSSR count). The molecule has 0 aliphatic heterocycles. The Morgan fingerprint density at radius 1 is 1.43 bits per heavy atom. The fraction of sp³-hybridized carbons (Fsp3) is 0.176. The highest BCUT2D eigenvalue weighted by atomic mass is 35.5. The summed E-state index contributed by atoms with van der Waals surface area (Å²) in [7, 11) is 0. The quantitative estimate of drug-likeness (QED) is 0.734. The van der Waals surface area contributed by atoms with Gasteiger partial charge >= 0.3 is 0 Å². The highest BCUT2D eigenvalue weighted by Crippen LogP contribution is 2.30. The average Bonchev–Trinajstić information content (AvgIpc) is 3.21. The van der Waals surface area contributed by atoms with Crippen molar-refractivity contribution in [3.63, 3.8) is 0 Å². The number of imidazole rings is 1. The number of aromatic nitrogens is 2. The number of halogens is 1. The van der Waals surface area contributed by atoms with Crippen molar-refractivity contribution in [2.75, 3.05) is 0 Å². The highest BCUT2D eigenvalue weighted by Gasteiger charge is 2.22. The van der Waals surface area contributed by atoms with Gasteiger partial charge in [0.25, 0.3) is 0 Å². The SMILES string of the molecule is O=C(/C=C/c1c(Cl)nc2sccn12)NC1CCc2ccccc21. The topological polar surface area (TPSA) is 46.4 Å². The van der Waals surface area contributed by atoms with Gasteiger partial charge in [-0.2, -0.15) is 0 Å². The van der Waals surface area contributed by atoms with Crippen LogP contribution in [0.3, 0.4) is 0 Å². The second kappa shape index (κ2) is 5.83. The molecular formula is C17H14ClN3OS. The Bertz CT molecular complexity index is 912. The van der Waals surface area contributed by atoms with Gasteiger partial charge in [0.1, 0.15) is 0 Å². The standard InChI is InChI=1S/C17H14ClN3OS/c18-16-14(21-9-10-23-17(21)20-16)7-8-15(22)19-13-6-5-11-3-1-2-4-12(11)13/h1-4,7-10,13H,5-6H2,(H,19,22)/b8-7+. The zero-order valence-electron chi connectivity index (χ0n) is 12.2. The number of hydrogen-bond donors (Lipinski definition) is 1. The summed E-state index contributed by atoms with van der Waals surface area (Å²) in [6, 6.07) is 8.34. The first-order valence-electron chi connectivity index (χ1n) is 7.40. The van der Waals surface area contributed by atoms with Crippen LogP contribution >= 0.6 is 22.9 Å². The number of rotatable bonds is 3. The average molecular weight is 344 g/mol. The maximum Gasteiger partial charge on any atom is 0.244 e. The molecule has 1 N–H and O–H groups in total. The summed E-state index contributed by atoms with van der Waals surface area (Å²) in [5.41, 5.74) is 3.27. The van der Waals surface area contributed by atoms with Crippen LogP contribution in [-0.4, -0.2) is 15.3 Å². The molecule has 0 saturated heterocycles. The van der Waals surface area contributed by atoms with E-state index in [0.29, 0.717) is 5.15 Å². The van der Waals surface area contributed by atoms with E-state index in [9.17, 15) is 4.79 Å². The highest BCUT2D eigenvalue weighted by molar-refractivity contribution is 7.15. The van der Waals surface area contributed by atoms with Crippen molar-refractivity contribution in [2.45, 2.75) is 18.9 Å². The van der Waals surface area contributed by atoms with E-state index < -0.39 is 0 Å². The first-order chi connectivity index (χ1) is 11.2. The molecule has 4 nitrogen and oxygen atoms in total. The van der Waals surface area contributed by atoms with Gasteiger partial charge in [-0.15, -0.1) is 11.3 Å². The smallest absolute Gasteiger partial charge is 0.244 e. The molecule has 2 heterocycles. The maximum absolute atomic E-state index is 12.2. The third kappa shape index (κ3) is 2.66. The molecule has 1 unspecified atom stereocenters. The van der Waals surface area contributed by atoms with Crippen molar-refractivity contribution in [2.24, 2.45) is 0 Å². The molecule has 116 valence electrons. The van der Waals surface area contributed by atoms with Crippen molar-refractivity contribution in [1.29, 1.82) is 0 Å². The van der Waals surface area contributed by atoms with Crippen LogP contribution < -0.4 is 5.32 Å². The molecule has 23 heavy (non-hydrogen) atoms. The summed E-state index contributed by atoms with van der Waals surface area (Å²) in [5, 5.41) is 5.41. The second-order valence-corrected chi connectivity index (χ2v) is 6.71. The summed E-state index contributed by atoms with van der Waals surface area (Å²) < 4.78 is 1.88. The number of thiazole rings is 1. The van der Waals surface area contributed by atoms with Gasteiger partial charge in [0.2, 0.25) is 5.91 Å². The predicted octanol–water partition coefficient (Wildman–Crippen LogP) is 3.87. The number of amides is 1. The number of carbonyl (C=O) groups excluding carboxylic acids is 1. The lowest BCUT2D eigenvalue weighted by atomic mass is 10.1. The van der Waals surface area contributed by atoms with E-state index in [0.717, 1.165) is 23.5 Å². The Labute approximate surface area is 142 Å². The van der Waals surface area contributed by atoms with Crippen molar-refractivity contribution in [3.05, 3.63) is 63.9 Å². The minimum Gasteiger partial charge on any atom is -0.346 e. The number of nitrogens with one attached hydrogen (secondary N) is 1. The van der Waals surface area contributed by atoms with Crippen LogP contribution in [0.1, 0.15) is 29.3 Å².